The maximum atomic E-state index is 11.3. The van der Waals surface area contributed by atoms with Crippen LogP contribution in [0, 0.1) is 0 Å². The third-order valence-electron chi connectivity index (χ3n) is 2.23. The number of likely N-dealkylation sites (N-methyl/N-ethyl adjacent to an activating group) is 1. The second kappa shape index (κ2) is 2.23. The maximum absolute atomic E-state index is 11.3. The maximum Gasteiger partial charge on any atom is 0.243 e. The van der Waals surface area contributed by atoms with E-state index in [1.54, 1.807) is 4.90 Å². The average molecular weight is 142 g/mol. The van der Waals surface area contributed by atoms with Crippen LogP contribution in [0.2, 0.25) is 0 Å². The lowest BCUT2D eigenvalue weighted by molar-refractivity contribution is -0.130. The smallest absolute Gasteiger partial charge is 0.243 e. The molecule has 0 spiro atoms. The van der Waals surface area contributed by atoms with Gasteiger partial charge < -0.3 is 4.90 Å². The normalized spacial score (nSPS) is 33.5. The Morgan fingerprint density at radius 2 is 2.40 bits per heavy atom. The fourth-order valence-corrected chi connectivity index (χ4v) is 1.14. The van der Waals surface area contributed by atoms with Crippen molar-refractivity contribution in [2.75, 3.05) is 13.7 Å². The Bertz CT molecular complexity index is 158. The summed E-state index contributed by atoms with van der Waals surface area (Å²) in [6, 6.07) is 0. The number of carbonyl (C=O) groups excluding carboxylic acids is 1. The Kier molecular flexibility index (Phi) is 1.68. The molecule has 1 heterocycles. The van der Waals surface area contributed by atoms with E-state index < -0.39 is 0 Å². The highest BCUT2D eigenvalue weighted by atomic mass is 16.2. The Hall–Kier alpha value is -0.570. The van der Waals surface area contributed by atoms with Gasteiger partial charge in [-0.25, -0.2) is 0 Å². The molecule has 1 aliphatic heterocycles. The highest BCUT2D eigenvalue weighted by Gasteiger charge is 2.38. The molecule has 1 fully saturated rings. The predicted molar refractivity (Wildman–Crippen MR) is 39.5 cm³/mol. The van der Waals surface area contributed by atoms with E-state index >= 15 is 0 Å². The van der Waals surface area contributed by atoms with E-state index in [0.717, 1.165) is 6.42 Å². The quantitative estimate of drug-likeness (QED) is 0.566. The Balaban J connectivity index is 2.73. The van der Waals surface area contributed by atoms with E-state index in [-0.39, 0.29) is 11.4 Å². The van der Waals surface area contributed by atoms with Crippen LogP contribution in [-0.4, -0.2) is 30.1 Å². The molecular formula is C7H14N2O. The summed E-state index contributed by atoms with van der Waals surface area (Å²) < 4.78 is 0. The van der Waals surface area contributed by atoms with Gasteiger partial charge in [0.2, 0.25) is 5.91 Å². The van der Waals surface area contributed by atoms with Crippen LogP contribution in [0.25, 0.3) is 0 Å². The first-order chi connectivity index (χ1) is 4.60. The van der Waals surface area contributed by atoms with Crippen molar-refractivity contribution in [3.63, 3.8) is 0 Å². The molecule has 1 amide bonds. The first-order valence-corrected chi connectivity index (χ1v) is 3.61. The van der Waals surface area contributed by atoms with Gasteiger partial charge in [0.15, 0.2) is 0 Å². The van der Waals surface area contributed by atoms with E-state index in [2.05, 4.69) is 5.32 Å². The highest BCUT2D eigenvalue weighted by molar-refractivity contribution is 5.87. The van der Waals surface area contributed by atoms with Crippen LogP contribution in [0.15, 0.2) is 0 Å². The van der Waals surface area contributed by atoms with Crippen molar-refractivity contribution in [2.45, 2.75) is 25.8 Å². The molecular weight excluding hydrogens is 128 g/mol. The van der Waals surface area contributed by atoms with Gasteiger partial charge in [-0.15, -0.1) is 0 Å². The zero-order valence-electron chi connectivity index (χ0n) is 6.77. The highest BCUT2D eigenvalue weighted by Crippen LogP contribution is 2.16. The summed E-state index contributed by atoms with van der Waals surface area (Å²) in [5, 5.41) is 3.16. The molecule has 0 aromatic carbocycles. The molecule has 0 aromatic heterocycles. The van der Waals surface area contributed by atoms with Gasteiger partial charge in [0.05, 0.1) is 12.2 Å². The molecule has 0 aromatic rings. The Morgan fingerprint density at radius 1 is 1.80 bits per heavy atom. The molecule has 0 saturated carbocycles. The summed E-state index contributed by atoms with van der Waals surface area (Å²) in [4.78, 5) is 13.0. The van der Waals surface area contributed by atoms with Crippen LogP contribution < -0.4 is 5.32 Å². The van der Waals surface area contributed by atoms with Crippen molar-refractivity contribution < 1.29 is 4.79 Å². The van der Waals surface area contributed by atoms with Crippen molar-refractivity contribution in [2.24, 2.45) is 0 Å². The van der Waals surface area contributed by atoms with Crippen LogP contribution in [0.3, 0.4) is 0 Å². The van der Waals surface area contributed by atoms with Crippen molar-refractivity contribution in [1.82, 2.24) is 10.2 Å². The molecule has 0 bridgehead atoms. The largest absolute Gasteiger partial charge is 0.331 e. The van der Waals surface area contributed by atoms with Gasteiger partial charge in [-0.2, -0.15) is 0 Å². The molecule has 10 heavy (non-hydrogen) atoms. The third kappa shape index (κ3) is 0.904. The number of nitrogens with one attached hydrogen (secondary N) is 1. The van der Waals surface area contributed by atoms with Crippen LogP contribution in [0.4, 0.5) is 0 Å². The van der Waals surface area contributed by atoms with Crippen LogP contribution in [0.1, 0.15) is 20.3 Å². The number of carbonyl (C=O) groups is 1. The van der Waals surface area contributed by atoms with Gasteiger partial charge >= 0.3 is 0 Å². The van der Waals surface area contributed by atoms with Gasteiger partial charge in [0.25, 0.3) is 0 Å². The second-order valence-corrected chi connectivity index (χ2v) is 3.02. The molecule has 1 atom stereocenters. The average Bonchev–Trinajstić information content (AvgIpc) is 2.19. The second-order valence-electron chi connectivity index (χ2n) is 3.02. The minimum absolute atomic E-state index is 0.204. The number of nitrogens with zero attached hydrogens (tertiary/aromatic N) is 1. The molecule has 1 N–H and O–H groups in total. The van der Waals surface area contributed by atoms with Gasteiger partial charge in [0, 0.05) is 7.05 Å². The van der Waals surface area contributed by atoms with E-state index in [1.165, 1.54) is 0 Å². The molecule has 1 aliphatic rings. The zero-order chi connectivity index (χ0) is 7.78. The summed E-state index contributed by atoms with van der Waals surface area (Å²) in [5.74, 6) is 0.204. The van der Waals surface area contributed by atoms with Gasteiger partial charge in [0.1, 0.15) is 0 Å². The standard InChI is InChI=1S/C7H14N2O/c1-4-7(2)6(10)9(3)5-8-7/h8H,4-5H2,1-3H3. The molecule has 1 saturated heterocycles. The summed E-state index contributed by atoms with van der Waals surface area (Å²) >= 11 is 0. The molecule has 1 unspecified atom stereocenters. The molecule has 3 heteroatoms. The Morgan fingerprint density at radius 3 is 2.60 bits per heavy atom. The fourth-order valence-electron chi connectivity index (χ4n) is 1.14. The topological polar surface area (TPSA) is 32.3 Å². The summed E-state index contributed by atoms with van der Waals surface area (Å²) in [7, 11) is 1.82. The molecule has 0 radical (unpaired) electrons. The number of amides is 1. The zero-order valence-corrected chi connectivity index (χ0v) is 6.77. The summed E-state index contributed by atoms with van der Waals surface area (Å²) in [6.07, 6.45) is 0.857. The van der Waals surface area contributed by atoms with E-state index in [1.807, 2.05) is 20.9 Å². The van der Waals surface area contributed by atoms with Crippen LogP contribution in [0.5, 0.6) is 0 Å². The van der Waals surface area contributed by atoms with E-state index in [4.69, 9.17) is 0 Å². The monoisotopic (exact) mass is 142 g/mol. The predicted octanol–water partition coefficient (Wildman–Crippen LogP) is 0.174. The molecule has 1 rings (SSSR count). The van der Waals surface area contributed by atoms with Crippen molar-refractivity contribution in [1.29, 1.82) is 0 Å². The third-order valence-corrected chi connectivity index (χ3v) is 2.23. The lowest BCUT2D eigenvalue weighted by Gasteiger charge is -2.18. The SMILES string of the molecule is CCC1(C)NCN(C)C1=O. The first-order valence-electron chi connectivity index (χ1n) is 3.61. The lowest BCUT2D eigenvalue weighted by atomic mass is 10.00. The minimum atomic E-state index is -0.297. The number of rotatable bonds is 1. The van der Waals surface area contributed by atoms with E-state index in [0.29, 0.717) is 6.67 Å². The first kappa shape index (κ1) is 7.54. The molecule has 3 nitrogen and oxygen atoms in total. The molecule has 0 aliphatic carbocycles. The summed E-state index contributed by atoms with van der Waals surface area (Å²) in [6.45, 7) is 4.64. The van der Waals surface area contributed by atoms with Crippen LogP contribution in [-0.2, 0) is 4.79 Å². The van der Waals surface area contributed by atoms with Gasteiger partial charge in [-0.3, -0.25) is 10.1 Å². The van der Waals surface area contributed by atoms with Gasteiger partial charge in [-0.1, -0.05) is 6.92 Å². The number of hydrogen-bond donors (Lipinski definition) is 1. The van der Waals surface area contributed by atoms with Crippen LogP contribution >= 0.6 is 0 Å². The summed E-state index contributed by atoms with van der Waals surface area (Å²) in [5.41, 5.74) is -0.297. The van der Waals surface area contributed by atoms with Crippen molar-refractivity contribution in [3.05, 3.63) is 0 Å². The Labute approximate surface area is 61.4 Å². The van der Waals surface area contributed by atoms with Crippen molar-refractivity contribution >= 4 is 5.91 Å². The van der Waals surface area contributed by atoms with E-state index in [9.17, 15) is 4.79 Å². The minimum Gasteiger partial charge on any atom is -0.331 e. The van der Waals surface area contributed by atoms with Crippen molar-refractivity contribution in [3.8, 4) is 0 Å². The molecule has 58 valence electrons. The number of hydrogen-bond acceptors (Lipinski definition) is 2. The van der Waals surface area contributed by atoms with Gasteiger partial charge in [-0.05, 0) is 13.3 Å². The fraction of sp³-hybridized carbons (Fsp3) is 0.857. The lowest BCUT2D eigenvalue weighted by Crippen LogP contribution is -2.42.